The lowest BCUT2D eigenvalue weighted by molar-refractivity contribution is -0.736. The van der Waals surface area contributed by atoms with Crippen molar-refractivity contribution in [2.75, 3.05) is 34.0 Å². The van der Waals surface area contributed by atoms with E-state index < -0.39 is 18.3 Å². The summed E-state index contributed by atoms with van der Waals surface area (Å²) in [6.07, 6.45) is 10.0. The van der Waals surface area contributed by atoms with Gasteiger partial charge in [0.1, 0.15) is 18.3 Å². The molecule has 0 spiro atoms. The van der Waals surface area contributed by atoms with Gasteiger partial charge in [0.05, 0.1) is 61.9 Å². The standard InChI is InChI=1S/C36H67N3O8/c1-21-4-7-24(14-23-10-12-38-34(37)16-23)28(39-21)20-46-33-18-25(17-32(45-3)35(33)43)36-27(11-13-40)30(42)19-26(47-36)8-5-22-6-9-29(41)31(15-22)44-2/h21-36,38-43H,4-20,37H2,1-3H3/p+2. The molecule has 2 saturated carbocycles. The van der Waals surface area contributed by atoms with E-state index in [0.717, 1.165) is 45.1 Å². The maximum absolute atomic E-state index is 11.4. The number of nitrogens with two attached hydrogens (primary N) is 3. The number of aliphatic hydroxyl groups is 4. The second kappa shape index (κ2) is 18.2. The maximum Gasteiger partial charge on any atom is 0.137 e. The van der Waals surface area contributed by atoms with Crippen molar-refractivity contribution in [2.24, 2.45) is 35.3 Å². The molecule has 2 aliphatic carbocycles. The highest BCUT2D eigenvalue weighted by Crippen LogP contribution is 2.42. The average Bonchev–Trinajstić information content (AvgIpc) is 3.06. The van der Waals surface area contributed by atoms with E-state index in [9.17, 15) is 20.4 Å². The van der Waals surface area contributed by atoms with E-state index in [1.807, 2.05) is 0 Å². The highest BCUT2D eigenvalue weighted by atomic mass is 16.5. The molecule has 0 amide bonds. The highest BCUT2D eigenvalue weighted by Gasteiger charge is 2.48. The van der Waals surface area contributed by atoms with Crippen LogP contribution >= 0.6 is 0 Å². The molecule has 16 unspecified atom stereocenters. The number of piperidine rings is 2. The Balaban J connectivity index is 1.22. The first-order valence-corrected chi connectivity index (χ1v) is 19.1. The van der Waals surface area contributed by atoms with E-state index >= 15 is 0 Å². The lowest BCUT2D eigenvalue weighted by atomic mass is 9.72. The predicted molar refractivity (Wildman–Crippen MR) is 177 cm³/mol. The van der Waals surface area contributed by atoms with Gasteiger partial charge < -0.3 is 50.0 Å². The van der Waals surface area contributed by atoms with Crippen molar-refractivity contribution >= 4 is 0 Å². The van der Waals surface area contributed by atoms with E-state index in [0.29, 0.717) is 62.1 Å². The summed E-state index contributed by atoms with van der Waals surface area (Å²) in [6.45, 7) is 4.01. The lowest BCUT2D eigenvalue weighted by Gasteiger charge is -2.48. The fourth-order valence-corrected chi connectivity index (χ4v) is 10.1. The van der Waals surface area contributed by atoms with Gasteiger partial charge in [-0.05, 0) is 108 Å². The molecule has 0 aromatic heterocycles. The van der Waals surface area contributed by atoms with Crippen LogP contribution in [-0.2, 0) is 18.9 Å². The third kappa shape index (κ3) is 10.1. The third-order valence-electron chi connectivity index (χ3n) is 12.9. The minimum absolute atomic E-state index is 0.000937. The van der Waals surface area contributed by atoms with Crippen molar-refractivity contribution in [3.8, 4) is 0 Å². The van der Waals surface area contributed by atoms with Crippen LogP contribution in [0.1, 0.15) is 96.8 Å². The molecule has 11 nitrogen and oxygen atoms in total. The van der Waals surface area contributed by atoms with Crippen LogP contribution in [0.3, 0.4) is 0 Å². The predicted octanol–water partition coefficient (Wildman–Crippen LogP) is 0.00950. The van der Waals surface area contributed by atoms with E-state index in [-0.39, 0.29) is 55.1 Å². The molecule has 274 valence electrons. The first kappa shape index (κ1) is 37.8. The smallest absolute Gasteiger partial charge is 0.137 e. The van der Waals surface area contributed by atoms with Crippen molar-refractivity contribution in [3.63, 3.8) is 0 Å². The Morgan fingerprint density at radius 1 is 0.809 bits per heavy atom. The van der Waals surface area contributed by atoms with Gasteiger partial charge in [-0.25, -0.2) is 0 Å². The zero-order valence-electron chi connectivity index (χ0n) is 29.4. The Morgan fingerprint density at radius 3 is 2.34 bits per heavy atom. The quantitative estimate of drug-likeness (QED) is 0.142. The van der Waals surface area contributed by atoms with E-state index in [4.69, 9.17) is 24.7 Å². The molecule has 3 saturated heterocycles. The minimum Gasteiger partial charge on any atom is -0.396 e. The van der Waals surface area contributed by atoms with Crippen LogP contribution in [0.5, 0.6) is 0 Å². The summed E-state index contributed by atoms with van der Waals surface area (Å²) in [6, 6.07) is 0.914. The number of ether oxygens (including phenoxy) is 4. The molecule has 3 heterocycles. The van der Waals surface area contributed by atoms with Gasteiger partial charge in [0.15, 0.2) is 0 Å². The summed E-state index contributed by atoms with van der Waals surface area (Å²) in [4.78, 5) is 0. The van der Waals surface area contributed by atoms with Crippen molar-refractivity contribution in [2.45, 2.75) is 164 Å². The molecule has 16 atom stereocenters. The van der Waals surface area contributed by atoms with Gasteiger partial charge in [-0.3, -0.25) is 5.73 Å². The largest absolute Gasteiger partial charge is 0.396 e. The topological polar surface area (TPSA) is 177 Å². The molecule has 5 rings (SSSR count). The van der Waals surface area contributed by atoms with Crippen LogP contribution in [0.4, 0.5) is 0 Å². The second-order valence-electron chi connectivity index (χ2n) is 16.2. The summed E-state index contributed by atoms with van der Waals surface area (Å²) >= 11 is 0. The molecule has 3 aliphatic heterocycles. The van der Waals surface area contributed by atoms with E-state index in [1.165, 1.54) is 25.7 Å². The molecule has 0 radical (unpaired) electrons. The third-order valence-corrected chi connectivity index (χ3v) is 12.9. The van der Waals surface area contributed by atoms with Gasteiger partial charge >= 0.3 is 0 Å². The fourth-order valence-electron chi connectivity index (χ4n) is 10.1. The van der Waals surface area contributed by atoms with Gasteiger partial charge in [-0.2, -0.15) is 0 Å². The maximum atomic E-state index is 11.4. The molecule has 5 aliphatic rings. The molecule has 0 aromatic carbocycles. The molecule has 0 aromatic rings. The van der Waals surface area contributed by atoms with Crippen LogP contribution in [0.2, 0.25) is 0 Å². The zero-order valence-corrected chi connectivity index (χ0v) is 29.4. The lowest BCUT2D eigenvalue weighted by Crippen LogP contribution is -2.98. The zero-order chi connectivity index (χ0) is 33.5. The first-order chi connectivity index (χ1) is 22.7. The summed E-state index contributed by atoms with van der Waals surface area (Å²) in [5.74, 6) is 1.58. The summed E-state index contributed by atoms with van der Waals surface area (Å²) in [5.41, 5.74) is 6.29. The van der Waals surface area contributed by atoms with Crippen molar-refractivity contribution in [3.05, 3.63) is 0 Å². The normalized spacial score (nSPS) is 46.7. The Hall–Kier alpha value is -0.440. The average molecular weight is 672 g/mol. The Morgan fingerprint density at radius 2 is 1.60 bits per heavy atom. The van der Waals surface area contributed by atoms with Gasteiger partial charge in [0.25, 0.3) is 0 Å². The van der Waals surface area contributed by atoms with Crippen LogP contribution < -0.4 is 16.4 Å². The van der Waals surface area contributed by atoms with Crippen LogP contribution in [0.15, 0.2) is 0 Å². The van der Waals surface area contributed by atoms with E-state index in [1.54, 1.807) is 14.2 Å². The van der Waals surface area contributed by atoms with Gasteiger partial charge in [-0.15, -0.1) is 0 Å². The first-order valence-electron chi connectivity index (χ1n) is 19.1. The van der Waals surface area contributed by atoms with Crippen molar-refractivity contribution in [1.29, 1.82) is 0 Å². The SMILES string of the molecule is COC1CC(CCC2CC(O)C(CCO)C(C3CC(OC)C(O)C(OCC4[NH2+]C(C)CCC4CC4CC[NH2+]C(N)C4)C3)O2)CCC1O. The van der Waals surface area contributed by atoms with Crippen LogP contribution in [0.25, 0.3) is 0 Å². The number of hydrogen-bond acceptors (Lipinski definition) is 9. The van der Waals surface area contributed by atoms with Gasteiger partial charge in [-0.1, -0.05) is 0 Å². The molecule has 0 bridgehead atoms. The monoisotopic (exact) mass is 672 g/mol. The molecule has 11 heteroatoms. The number of hydrogen-bond donors (Lipinski definition) is 7. The Labute approximate surface area is 283 Å². The second-order valence-corrected chi connectivity index (χ2v) is 16.2. The Kier molecular flexibility index (Phi) is 14.6. The van der Waals surface area contributed by atoms with Crippen LogP contribution in [-0.4, -0.2) is 121 Å². The molecular weight excluding hydrogens is 602 g/mol. The minimum atomic E-state index is -0.724. The van der Waals surface area contributed by atoms with Crippen molar-refractivity contribution < 1.29 is 50.0 Å². The fraction of sp³-hybridized carbons (Fsp3) is 1.00. The summed E-state index contributed by atoms with van der Waals surface area (Å²) in [5, 5.41) is 47.7. The highest BCUT2D eigenvalue weighted by molar-refractivity contribution is 4.97. The number of quaternary nitrogens is 2. The summed E-state index contributed by atoms with van der Waals surface area (Å²) in [7, 11) is 3.33. The molecule has 5 fully saturated rings. The molecular formula is C36H69N3O8+2. The molecule has 10 N–H and O–H groups in total. The van der Waals surface area contributed by atoms with Crippen molar-refractivity contribution in [1.82, 2.24) is 0 Å². The number of aliphatic hydroxyl groups excluding tert-OH is 4. The van der Waals surface area contributed by atoms with Crippen LogP contribution in [0, 0.1) is 29.6 Å². The summed E-state index contributed by atoms with van der Waals surface area (Å²) < 4.78 is 24.9. The number of rotatable bonds is 13. The Bertz CT molecular complexity index is 919. The van der Waals surface area contributed by atoms with Gasteiger partial charge in [0, 0.05) is 39.1 Å². The van der Waals surface area contributed by atoms with E-state index in [2.05, 4.69) is 17.6 Å². The number of methoxy groups -OCH3 is 2. The molecule has 47 heavy (non-hydrogen) atoms. The van der Waals surface area contributed by atoms with Gasteiger partial charge in [0.2, 0.25) is 0 Å².